The monoisotopic (exact) mass is 313 g/mol. The molecule has 116 valence electrons. The van der Waals surface area contributed by atoms with Crippen molar-refractivity contribution in [3.05, 3.63) is 65.0 Å². The van der Waals surface area contributed by atoms with Gasteiger partial charge in [-0.25, -0.2) is 4.39 Å². The number of nitrogens with one attached hydrogen (secondary N) is 2. The fourth-order valence-electron chi connectivity index (χ4n) is 2.22. The third-order valence-corrected chi connectivity index (χ3v) is 3.25. The normalized spacial score (nSPS) is 10.7. The smallest absolute Gasteiger partial charge is 0.269 e. The van der Waals surface area contributed by atoms with Gasteiger partial charge in [0, 0.05) is 11.9 Å². The first-order chi connectivity index (χ1) is 11.1. The number of H-pyrrole nitrogens is 2. The number of Topliss-reactive ketones (excluding diaryl/α,β-unsaturated/α-hetero) is 2. The summed E-state index contributed by atoms with van der Waals surface area (Å²) in [6, 6.07) is 8.07. The number of hydrogen-bond donors (Lipinski definition) is 2. The molecule has 0 aliphatic rings. The lowest BCUT2D eigenvalue weighted by molar-refractivity contribution is -0.114. The molecule has 0 saturated carbocycles. The van der Waals surface area contributed by atoms with Gasteiger partial charge in [0.2, 0.25) is 11.6 Å². The molecule has 0 amide bonds. The number of hydrogen-bond acceptors (Lipinski definition) is 5. The van der Waals surface area contributed by atoms with E-state index < -0.39 is 11.6 Å². The number of nitrogens with zero attached hydrogens (tertiary/aromatic N) is 3. The molecule has 0 fully saturated rings. The molecule has 0 radical (unpaired) electrons. The molecule has 3 rings (SSSR count). The van der Waals surface area contributed by atoms with E-state index in [9.17, 15) is 14.0 Å². The molecule has 0 aliphatic heterocycles. The largest absolute Gasteiger partial charge is 0.364 e. The summed E-state index contributed by atoms with van der Waals surface area (Å²) in [5, 5.41) is 12.3. The maximum Gasteiger partial charge on any atom is 0.269 e. The van der Waals surface area contributed by atoms with Crippen molar-refractivity contribution in [2.75, 3.05) is 0 Å². The number of benzene rings is 1. The zero-order valence-corrected chi connectivity index (χ0v) is 11.9. The second-order valence-electron chi connectivity index (χ2n) is 5.00. The van der Waals surface area contributed by atoms with E-state index in [4.69, 9.17) is 0 Å². The van der Waals surface area contributed by atoms with Gasteiger partial charge in [0.15, 0.2) is 0 Å². The SMILES string of the molecule is O=C(Cc1cc(Cc2cccc(F)c2)c[nH]1)C(=O)c1nn[nH]n1. The van der Waals surface area contributed by atoms with Crippen LogP contribution in [-0.2, 0) is 17.6 Å². The number of carbonyl (C=O) groups excluding carboxylic acids is 2. The van der Waals surface area contributed by atoms with E-state index >= 15 is 0 Å². The first-order valence-electron chi connectivity index (χ1n) is 6.83. The highest BCUT2D eigenvalue weighted by atomic mass is 19.1. The van der Waals surface area contributed by atoms with Crippen LogP contribution < -0.4 is 0 Å². The van der Waals surface area contributed by atoms with Gasteiger partial charge in [-0.3, -0.25) is 9.59 Å². The van der Waals surface area contributed by atoms with Gasteiger partial charge in [-0.2, -0.15) is 5.21 Å². The topological polar surface area (TPSA) is 104 Å². The Bertz CT molecular complexity index is 841. The van der Waals surface area contributed by atoms with Crippen LogP contribution >= 0.6 is 0 Å². The predicted octanol–water partition coefficient (Wildman–Crippen LogP) is 1.25. The number of rotatable bonds is 6. The van der Waals surface area contributed by atoms with Gasteiger partial charge in [-0.05, 0) is 41.0 Å². The third kappa shape index (κ3) is 3.54. The molecule has 2 aromatic heterocycles. The standard InChI is InChI=1S/C15H12FN5O2/c16-11-3-1-2-9(5-11)4-10-6-12(17-8-10)7-13(22)14(23)15-18-20-21-19-15/h1-3,5-6,8,17H,4,7H2,(H,18,19,20,21). The summed E-state index contributed by atoms with van der Waals surface area (Å²) in [6.45, 7) is 0. The number of tetrazole rings is 1. The van der Waals surface area contributed by atoms with Crippen molar-refractivity contribution in [1.29, 1.82) is 0 Å². The van der Waals surface area contributed by atoms with E-state index in [1.165, 1.54) is 12.1 Å². The van der Waals surface area contributed by atoms with Gasteiger partial charge in [-0.15, -0.1) is 10.2 Å². The highest BCUT2D eigenvalue weighted by molar-refractivity contribution is 6.42. The van der Waals surface area contributed by atoms with Crippen LogP contribution in [0.2, 0.25) is 0 Å². The average molecular weight is 313 g/mol. The molecule has 7 nitrogen and oxygen atoms in total. The number of aromatic nitrogens is 5. The fraction of sp³-hybridized carbons (Fsp3) is 0.133. The maximum absolute atomic E-state index is 13.2. The van der Waals surface area contributed by atoms with Crippen LogP contribution in [0.15, 0.2) is 36.5 Å². The van der Waals surface area contributed by atoms with Crippen molar-refractivity contribution in [3.8, 4) is 0 Å². The van der Waals surface area contributed by atoms with Crippen LogP contribution in [0.25, 0.3) is 0 Å². The summed E-state index contributed by atoms with van der Waals surface area (Å²) in [5.74, 6) is -1.97. The molecule has 3 aromatic rings. The predicted molar refractivity (Wildman–Crippen MR) is 77.2 cm³/mol. The van der Waals surface area contributed by atoms with Crippen LogP contribution in [0.5, 0.6) is 0 Å². The zero-order valence-electron chi connectivity index (χ0n) is 11.9. The highest BCUT2D eigenvalue weighted by Crippen LogP contribution is 2.13. The van der Waals surface area contributed by atoms with Crippen LogP contribution in [0, 0.1) is 5.82 Å². The first kappa shape index (κ1) is 14.8. The van der Waals surface area contributed by atoms with E-state index in [0.717, 1.165) is 11.1 Å². The molecule has 0 spiro atoms. The number of carbonyl (C=O) groups is 2. The second-order valence-corrected chi connectivity index (χ2v) is 5.00. The Hall–Kier alpha value is -3.16. The summed E-state index contributed by atoms with van der Waals surface area (Å²) in [5.41, 5.74) is 2.31. The minimum atomic E-state index is -0.792. The first-order valence-corrected chi connectivity index (χ1v) is 6.83. The summed E-state index contributed by atoms with van der Waals surface area (Å²) in [7, 11) is 0. The Kier molecular flexibility index (Phi) is 4.05. The minimum absolute atomic E-state index is 0.0868. The molecule has 0 bridgehead atoms. The Labute approximate surface area is 129 Å². The lowest BCUT2D eigenvalue weighted by Gasteiger charge is -1.98. The Balaban J connectivity index is 1.65. The third-order valence-electron chi connectivity index (χ3n) is 3.25. The minimum Gasteiger partial charge on any atom is -0.364 e. The van der Waals surface area contributed by atoms with Gasteiger partial charge in [0.25, 0.3) is 5.78 Å². The highest BCUT2D eigenvalue weighted by Gasteiger charge is 2.21. The average Bonchev–Trinajstić information content (AvgIpc) is 3.18. The van der Waals surface area contributed by atoms with Gasteiger partial charge in [0.1, 0.15) is 5.82 Å². The van der Waals surface area contributed by atoms with Crippen molar-refractivity contribution in [1.82, 2.24) is 25.6 Å². The number of ketones is 2. The van der Waals surface area contributed by atoms with Crippen molar-refractivity contribution < 1.29 is 14.0 Å². The molecule has 2 N–H and O–H groups in total. The van der Waals surface area contributed by atoms with E-state index in [1.54, 1.807) is 18.3 Å². The van der Waals surface area contributed by atoms with Crippen molar-refractivity contribution in [2.24, 2.45) is 0 Å². The van der Waals surface area contributed by atoms with Gasteiger partial charge in [0.05, 0.1) is 6.42 Å². The summed E-state index contributed by atoms with van der Waals surface area (Å²) in [6.07, 6.45) is 2.17. The molecule has 0 saturated heterocycles. The van der Waals surface area contributed by atoms with Crippen LogP contribution in [0.1, 0.15) is 27.4 Å². The van der Waals surface area contributed by atoms with E-state index in [1.807, 2.05) is 6.07 Å². The molecule has 8 heteroatoms. The van der Waals surface area contributed by atoms with Gasteiger partial charge in [-0.1, -0.05) is 12.1 Å². The Morgan fingerprint density at radius 1 is 1.17 bits per heavy atom. The second kappa shape index (κ2) is 6.30. The summed E-state index contributed by atoms with van der Waals surface area (Å²) < 4.78 is 13.2. The van der Waals surface area contributed by atoms with Crippen LogP contribution in [0.4, 0.5) is 4.39 Å². The van der Waals surface area contributed by atoms with Crippen molar-refractivity contribution in [3.63, 3.8) is 0 Å². The van der Waals surface area contributed by atoms with Crippen LogP contribution in [-0.4, -0.2) is 37.2 Å². The molecule has 23 heavy (non-hydrogen) atoms. The Morgan fingerprint density at radius 3 is 2.78 bits per heavy atom. The van der Waals surface area contributed by atoms with Crippen molar-refractivity contribution in [2.45, 2.75) is 12.8 Å². The Morgan fingerprint density at radius 2 is 2.04 bits per heavy atom. The molecule has 0 atom stereocenters. The molecule has 2 heterocycles. The maximum atomic E-state index is 13.2. The zero-order chi connectivity index (χ0) is 16.2. The van der Waals surface area contributed by atoms with E-state index in [2.05, 4.69) is 25.6 Å². The fourth-order valence-corrected chi connectivity index (χ4v) is 2.22. The lowest BCUT2D eigenvalue weighted by Crippen LogP contribution is -2.18. The molecule has 0 aliphatic carbocycles. The van der Waals surface area contributed by atoms with Gasteiger partial charge < -0.3 is 4.98 Å². The van der Waals surface area contributed by atoms with E-state index in [0.29, 0.717) is 12.1 Å². The summed E-state index contributed by atoms with van der Waals surface area (Å²) >= 11 is 0. The quantitative estimate of drug-likeness (QED) is 0.526. The number of halogens is 1. The molecule has 1 aromatic carbocycles. The molecular weight excluding hydrogens is 301 g/mol. The lowest BCUT2D eigenvalue weighted by atomic mass is 10.1. The van der Waals surface area contributed by atoms with Gasteiger partial charge >= 0.3 is 0 Å². The molecule has 0 unspecified atom stereocenters. The number of aromatic amines is 2. The molecular formula is C15H12FN5O2. The summed E-state index contributed by atoms with van der Waals surface area (Å²) in [4.78, 5) is 26.6. The van der Waals surface area contributed by atoms with Crippen molar-refractivity contribution >= 4 is 11.6 Å². The van der Waals surface area contributed by atoms with Crippen LogP contribution in [0.3, 0.4) is 0 Å². The van der Waals surface area contributed by atoms with E-state index in [-0.39, 0.29) is 18.1 Å².